The van der Waals surface area contributed by atoms with Crippen molar-refractivity contribution >= 4 is 50.7 Å². The van der Waals surface area contributed by atoms with Gasteiger partial charge < -0.3 is 24.7 Å². The number of carbonyl (C=O) groups is 2. The van der Waals surface area contributed by atoms with E-state index in [4.69, 9.17) is 21.1 Å². The Morgan fingerprint density at radius 2 is 2.16 bits per heavy atom. The summed E-state index contributed by atoms with van der Waals surface area (Å²) in [6.45, 7) is 4.49. The number of amides is 2. The summed E-state index contributed by atoms with van der Waals surface area (Å²) >= 11 is 7.39. The van der Waals surface area contributed by atoms with Gasteiger partial charge in [-0.25, -0.2) is 0 Å². The maximum Gasteiger partial charge on any atom is 0.268 e. The number of carbonyl (C=O) groups excluding carboxylic acids is 2. The number of rotatable bonds is 4. The third-order valence-electron chi connectivity index (χ3n) is 5.55. The Morgan fingerprint density at radius 3 is 2.90 bits per heavy atom. The Balaban J connectivity index is 1.37. The number of para-hydroxylation sites is 1. The minimum atomic E-state index is -0.667. The number of nitrogens with one attached hydrogen (secondary N) is 2. The van der Waals surface area contributed by atoms with Gasteiger partial charge in [0.2, 0.25) is 5.91 Å². The molecule has 0 radical (unpaired) electrons. The molecule has 5 rings (SSSR count). The van der Waals surface area contributed by atoms with E-state index < -0.39 is 11.8 Å². The van der Waals surface area contributed by atoms with Gasteiger partial charge in [-0.05, 0) is 37.6 Å². The zero-order valence-electron chi connectivity index (χ0n) is 17.1. The number of H-pyrrole nitrogens is 1. The molecule has 0 spiro atoms. The number of halogens is 1. The molecule has 4 heterocycles. The van der Waals surface area contributed by atoms with Gasteiger partial charge in [0.1, 0.15) is 22.7 Å². The molecule has 1 fully saturated rings. The fourth-order valence-corrected chi connectivity index (χ4v) is 5.30. The lowest BCUT2D eigenvalue weighted by Crippen LogP contribution is -2.54. The second kappa shape index (κ2) is 7.63. The first-order valence-electron chi connectivity index (χ1n) is 10.1. The van der Waals surface area contributed by atoms with Crippen LogP contribution in [0.2, 0.25) is 4.34 Å². The van der Waals surface area contributed by atoms with Crippen LogP contribution >= 0.6 is 22.9 Å². The van der Waals surface area contributed by atoms with Crippen LogP contribution in [0.15, 0.2) is 36.4 Å². The van der Waals surface area contributed by atoms with Gasteiger partial charge in [0.15, 0.2) is 5.79 Å². The van der Waals surface area contributed by atoms with Crippen LogP contribution in [0.3, 0.4) is 0 Å². The molecule has 1 saturated heterocycles. The Labute approximate surface area is 188 Å². The number of benzene rings is 1. The normalized spacial score (nSPS) is 22.7. The van der Waals surface area contributed by atoms with Crippen molar-refractivity contribution in [1.29, 1.82) is 0 Å². The smallest absolute Gasteiger partial charge is 0.268 e. The number of ether oxygens (including phenoxy) is 2. The van der Waals surface area contributed by atoms with Gasteiger partial charge in [0, 0.05) is 17.5 Å². The van der Waals surface area contributed by atoms with Crippen molar-refractivity contribution in [3.63, 3.8) is 0 Å². The van der Waals surface area contributed by atoms with E-state index in [1.165, 1.54) is 11.3 Å². The summed E-state index contributed by atoms with van der Waals surface area (Å²) in [5.41, 5.74) is 2.26. The van der Waals surface area contributed by atoms with Gasteiger partial charge in [-0.1, -0.05) is 29.8 Å². The number of fused-ring (bicyclic) bond motifs is 2. The minimum Gasteiger partial charge on any atom is -0.348 e. The van der Waals surface area contributed by atoms with Crippen molar-refractivity contribution < 1.29 is 19.1 Å². The summed E-state index contributed by atoms with van der Waals surface area (Å²) in [6, 6.07) is 10.6. The van der Waals surface area contributed by atoms with E-state index >= 15 is 0 Å². The summed E-state index contributed by atoms with van der Waals surface area (Å²) in [4.78, 5) is 31.8. The summed E-state index contributed by atoms with van der Waals surface area (Å²) in [5.74, 6) is -1.14. The van der Waals surface area contributed by atoms with Crippen molar-refractivity contribution in [1.82, 2.24) is 10.3 Å². The summed E-state index contributed by atoms with van der Waals surface area (Å²) < 4.78 is 12.2. The van der Waals surface area contributed by atoms with Crippen LogP contribution in [-0.2, 0) is 20.7 Å². The van der Waals surface area contributed by atoms with Crippen molar-refractivity contribution in [2.75, 3.05) is 18.1 Å². The molecule has 2 aromatic heterocycles. The van der Waals surface area contributed by atoms with Crippen LogP contribution in [-0.4, -0.2) is 47.9 Å². The van der Waals surface area contributed by atoms with Crippen LogP contribution < -0.4 is 10.2 Å². The van der Waals surface area contributed by atoms with Crippen LogP contribution in [0, 0.1) is 0 Å². The quantitative estimate of drug-likeness (QED) is 0.622. The lowest BCUT2D eigenvalue weighted by atomic mass is 9.96. The van der Waals surface area contributed by atoms with Gasteiger partial charge >= 0.3 is 0 Å². The van der Waals surface area contributed by atoms with E-state index in [9.17, 15) is 9.59 Å². The number of hydrogen-bond acceptors (Lipinski definition) is 5. The van der Waals surface area contributed by atoms with Crippen molar-refractivity contribution in [2.24, 2.45) is 0 Å². The van der Waals surface area contributed by atoms with E-state index in [-0.39, 0.29) is 17.9 Å². The van der Waals surface area contributed by atoms with E-state index in [1.54, 1.807) is 11.0 Å². The molecule has 2 unspecified atom stereocenters. The molecule has 2 N–H and O–H groups in total. The van der Waals surface area contributed by atoms with E-state index in [0.717, 1.165) is 21.5 Å². The second-order valence-electron chi connectivity index (χ2n) is 8.28. The molecule has 2 atom stereocenters. The minimum absolute atomic E-state index is 0.156. The van der Waals surface area contributed by atoms with Gasteiger partial charge in [0.05, 0.1) is 17.5 Å². The fraction of sp³-hybridized carbons (Fsp3) is 0.364. The monoisotopic (exact) mass is 459 g/mol. The Kier molecular flexibility index (Phi) is 5.05. The maximum absolute atomic E-state index is 13.4. The first-order valence-corrected chi connectivity index (χ1v) is 11.3. The molecule has 0 saturated carbocycles. The van der Waals surface area contributed by atoms with E-state index in [0.29, 0.717) is 29.6 Å². The molecule has 2 aliphatic heterocycles. The number of anilines is 1. The van der Waals surface area contributed by atoms with Gasteiger partial charge in [-0.15, -0.1) is 11.3 Å². The summed E-state index contributed by atoms with van der Waals surface area (Å²) in [5, 5.41) is 3.78. The SMILES string of the molecule is CC1(C)OCC(CN2C(=O)C(NC(=O)c3cc4cc(Cl)sc4[nH]3)Cc3ccccc32)O1. The number of aromatic nitrogens is 1. The van der Waals surface area contributed by atoms with Crippen molar-refractivity contribution in [2.45, 2.75) is 38.2 Å². The topological polar surface area (TPSA) is 83.7 Å². The van der Waals surface area contributed by atoms with Gasteiger partial charge in [-0.2, -0.15) is 0 Å². The number of nitrogens with zero attached hydrogens (tertiary/aromatic N) is 1. The molecule has 1 aromatic carbocycles. The van der Waals surface area contributed by atoms with E-state index in [1.807, 2.05) is 44.2 Å². The molecule has 0 bridgehead atoms. The number of hydrogen-bond donors (Lipinski definition) is 2. The molecule has 31 heavy (non-hydrogen) atoms. The number of aromatic amines is 1. The summed E-state index contributed by atoms with van der Waals surface area (Å²) in [7, 11) is 0. The van der Waals surface area contributed by atoms with Crippen LogP contribution in [0.25, 0.3) is 10.2 Å². The van der Waals surface area contributed by atoms with Crippen molar-refractivity contribution in [3.05, 3.63) is 52.0 Å². The predicted molar refractivity (Wildman–Crippen MR) is 120 cm³/mol. The first-order chi connectivity index (χ1) is 14.8. The molecule has 7 nitrogen and oxygen atoms in total. The molecular weight excluding hydrogens is 438 g/mol. The molecule has 0 aliphatic carbocycles. The summed E-state index contributed by atoms with van der Waals surface area (Å²) in [6.07, 6.45) is 0.201. The molecular formula is C22H22ClN3O4S. The lowest BCUT2D eigenvalue weighted by Gasteiger charge is -2.35. The molecule has 2 amide bonds. The maximum atomic E-state index is 13.4. The molecule has 2 aliphatic rings. The average molecular weight is 460 g/mol. The van der Waals surface area contributed by atoms with Gasteiger partial charge in [-0.3, -0.25) is 9.59 Å². The highest BCUT2D eigenvalue weighted by atomic mass is 35.5. The Morgan fingerprint density at radius 1 is 1.35 bits per heavy atom. The van der Waals surface area contributed by atoms with Crippen LogP contribution in [0.5, 0.6) is 0 Å². The molecule has 3 aromatic rings. The first kappa shape index (κ1) is 20.5. The third-order valence-corrected chi connectivity index (χ3v) is 6.75. The highest BCUT2D eigenvalue weighted by Crippen LogP contribution is 2.32. The highest BCUT2D eigenvalue weighted by Gasteiger charge is 2.39. The van der Waals surface area contributed by atoms with Crippen molar-refractivity contribution in [3.8, 4) is 0 Å². The zero-order valence-corrected chi connectivity index (χ0v) is 18.7. The van der Waals surface area contributed by atoms with Crippen LogP contribution in [0.4, 0.5) is 5.69 Å². The third kappa shape index (κ3) is 3.96. The largest absolute Gasteiger partial charge is 0.348 e. The predicted octanol–water partition coefficient (Wildman–Crippen LogP) is 3.72. The lowest BCUT2D eigenvalue weighted by molar-refractivity contribution is -0.138. The molecule has 162 valence electrons. The standard InChI is InChI=1S/C22H22ClN3O4S/c1-22(2)29-11-14(30-22)10-26-17-6-4-3-5-12(17)7-16(21(26)28)24-19(27)15-8-13-9-18(23)31-20(13)25-15/h3-6,8-9,14,16,25H,7,10-11H2,1-2H3,(H,24,27). The number of thiophene rings is 1. The molecule has 9 heteroatoms. The van der Waals surface area contributed by atoms with Crippen LogP contribution in [0.1, 0.15) is 29.9 Å². The van der Waals surface area contributed by atoms with E-state index in [2.05, 4.69) is 10.3 Å². The second-order valence-corrected chi connectivity index (χ2v) is 9.96. The average Bonchev–Trinajstić information content (AvgIpc) is 3.37. The Hall–Kier alpha value is -2.39. The van der Waals surface area contributed by atoms with Gasteiger partial charge in [0.25, 0.3) is 5.91 Å². The zero-order chi connectivity index (χ0) is 21.8. The Bertz CT molecular complexity index is 1140. The fourth-order valence-electron chi connectivity index (χ4n) is 4.17. The highest BCUT2D eigenvalue weighted by molar-refractivity contribution is 7.22.